The highest BCUT2D eigenvalue weighted by molar-refractivity contribution is 5.73. The maximum absolute atomic E-state index is 12.8. The molecule has 30 heavy (non-hydrogen) atoms. The molecule has 2 aliphatic rings. The minimum Gasteiger partial charge on any atom is -0.507 e. The molecule has 1 aromatic heterocycles. The van der Waals surface area contributed by atoms with E-state index in [4.69, 9.17) is 5.26 Å². The van der Waals surface area contributed by atoms with Crippen LogP contribution in [0.1, 0.15) is 36.0 Å². The molecule has 0 aliphatic carbocycles. The van der Waals surface area contributed by atoms with E-state index in [2.05, 4.69) is 15.1 Å². The largest absolute Gasteiger partial charge is 0.507 e. The molecule has 2 aliphatic heterocycles. The fourth-order valence-corrected chi connectivity index (χ4v) is 4.69. The number of anilines is 1. The molecule has 8 heteroatoms. The zero-order valence-electron chi connectivity index (χ0n) is 17.0. The summed E-state index contributed by atoms with van der Waals surface area (Å²) in [5, 5.41) is 28.4. The van der Waals surface area contributed by atoms with E-state index in [1.165, 1.54) is 6.07 Å². The number of alkyl halides is 2. The van der Waals surface area contributed by atoms with Crippen molar-refractivity contribution < 1.29 is 13.9 Å². The van der Waals surface area contributed by atoms with Crippen molar-refractivity contribution >= 4 is 5.82 Å². The number of hydrogen-bond donors (Lipinski definition) is 1. The van der Waals surface area contributed by atoms with Crippen molar-refractivity contribution in [1.29, 1.82) is 5.26 Å². The third kappa shape index (κ3) is 4.08. The average molecular weight is 413 g/mol. The van der Waals surface area contributed by atoms with Gasteiger partial charge in [0.2, 0.25) is 0 Å². The van der Waals surface area contributed by atoms with Gasteiger partial charge in [-0.15, -0.1) is 10.2 Å². The Morgan fingerprint density at radius 1 is 1.23 bits per heavy atom. The van der Waals surface area contributed by atoms with Gasteiger partial charge in [-0.1, -0.05) is 0 Å². The third-order valence-electron chi connectivity index (χ3n) is 5.99. The maximum atomic E-state index is 12.8. The molecule has 0 amide bonds. The van der Waals surface area contributed by atoms with Gasteiger partial charge < -0.3 is 10.0 Å². The average Bonchev–Trinajstić information content (AvgIpc) is 2.72. The number of aromatic nitrogens is 2. The molecule has 1 saturated heterocycles. The lowest BCUT2D eigenvalue weighted by Gasteiger charge is -2.42. The van der Waals surface area contributed by atoms with Crippen LogP contribution in [0.4, 0.5) is 14.6 Å². The predicted molar refractivity (Wildman–Crippen MR) is 110 cm³/mol. The Morgan fingerprint density at radius 3 is 2.80 bits per heavy atom. The molecule has 158 valence electrons. The molecular formula is C22H25F2N5O. The molecule has 0 bridgehead atoms. The highest BCUT2D eigenvalue weighted by Crippen LogP contribution is 2.36. The monoisotopic (exact) mass is 413 g/mol. The van der Waals surface area contributed by atoms with Gasteiger partial charge in [-0.2, -0.15) is 5.26 Å². The fourth-order valence-electron chi connectivity index (χ4n) is 4.69. The minimum atomic E-state index is -2.32. The third-order valence-corrected chi connectivity index (χ3v) is 5.99. The summed E-state index contributed by atoms with van der Waals surface area (Å²) in [6.45, 7) is 3.82. The van der Waals surface area contributed by atoms with Crippen molar-refractivity contribution in [3.05, 3.63) is 34.9 Å². The number of halogens is 2. The van der Waals surface area contributed by atoms with Crippen LogP contribution in [0.15, 0.2) is 18.2 Å². The summed E-state index contributed by atoms with van der Waals surface area (Å²) >= 11 is 0. The maximum Gasteiger partial charge on any atom is 0.251 e. The first-order valence-electron chi connectivity index (χ1n) is 10.3. The Kier molecular flexibility index (Phi) is 5.82. The molecule has 0 radical (unpaired) electrons. The quantitative estimate of drug-likeness (QED) is 0.827. The van der Waals surface area contributed by atoms with Crippen LogP contribution in [0.3, 0.4) is 0 Å². The predicted octanol–water partition coefficient (Wildman–Crippen LogP) is 3.51. The standard InChI is InChI=1S/C22H25F2N5O/c1-14-8-15(11-25)9-19(30)21(14)18-10-16-4-2-7-29(22(16)27-26-18)17-5-3-6-28(12-17)13-20(23)24/h8-10,17,20,30H,2-7,12-13H2,1H3/t17-/m1/s1. The second-order valence-corrected chi connectivity index (χ2v) is 8.12. The van der Waals surface area contributed by atoms with Crippen LogP contribution in [0.25, 0.3) is 11.3 Å². The molecular weight excluding hydrogens is 388 g/mol. The first-order chi connectivity index (χ1) is 14.5. The topological polar surface area (TPSA) is 76.3 Å². The van der Waals surface area contributed by atoms with Gasteiger partial charge in [0.1, 0.15) is 5.75 Å². The van der Waals surface area contributed by atoms with Crippen LogP contribution < -0.4 is 4.90 Å². The number of phenolic OH excluding ortho intramolecular Hbond substituents is 1. The number of aromatic hydroxyl groups is 1. The lowest BCUT2D eigenvalue weighted by Crippen LogP contribution is -2.51. The number of piperidine rings is 1. The minimum absolute atomic E-state index is 0.0170. The number of aryl methyl sites for hydroxylation is 2. The summed E-state index contributed by atoms with van der Waals surface area (Å²) in [4.78, 5) is 4.06. The molecule has 1 aromatic carbocycles. The second-order valence-electron chi connectivity index (χ2n) is 8.12. The van der Waals surface area contributed by atoms with Crippen LogP contribution in [0.5, 0.6) is 5.75 Å². The van der Waals surface area contributed by atoms with E-state index < -0.39 is 6.43 Å². The molecule has 4 rings (SSSR count). The van der Waals surface area contributed by atoms with Crippen molar-refractivity contribution in [2.45, 2.75) is 45.1 Å². The number of likely N-dealkylation sites (tertiary alicyclic amines) is 1. The normalized spacial score (nSPS) is 19.6. The van der Waals surface area contributed by atoms with E-state index in [0.717, 1.165) is 49.2 Å². The van der Waals surface area contributed by atoms with Crippen LogP contribution >= 0.6 is 0 Å². The zero-order chi connectivity index (χ0) is 21.3. The summed E-state index contributed by atoms with van der Waals surface area (Å²) in [5.41, 5.74) is 3.39. The van der Waals surface area contributed by atoms with Gasteiger partial charge in [0.15, 0.2) is 5.82 Å². The Hall–Kier alpha value is -2.79. The first kappa shape index (κ1) is 20.5. The first-order valence-corrected chi connectivity index (χ1v) is 10.3. The van der Waals surface area contributed by atoms with E-state index in [1.807, 2.05) is 24.0 Å². The van der Waals surface area contributed by atoms with Gasteiger partial charge in [-0.25, -0.2) is 8.78 Å². The second kappa shape index (κ2) is 8.52. The summed E-state index contributed by atoms with van der Waals surface area (Å²) in [6.07, 6.45) is 1.35. The van der Waals surface area contributed by atoms with E-state index >= 15 is 0 Å². The highest BCUT2D eigenvalue weighted by Gasteiger charge is 2.31. The van der Waals surface area contributed by atoms with Crippen LogP contribution in [-0.2, 0) is 6.42 Å². The van der Waals surface area contributed by atoms with Crippen molar-refractivity contribution in [2.75, 3.05) is 31.1 Å². The van der Waals surface area contributed by atoms with Crippen LogP contribution in [-0.4, -0.2) is 58.9 Å². The van der Waals surface area contributed by atoms with Gasteiger partial charge >= 0.3 is 0 Å². The van der Waals surface area contributed by atoms with Gasteiger partial charge in [-0.05, 0) is 68.5 Å². The molecule has 3 heterocycles. The van der Waals surface area contributed by atoms with E-state index in [9.17, 15) is 13.9 Å². The van der Waals surface area contributed by atoms with E-state index in [-0.39, 0.29) is 18.3 Å². The number of rotatable bonds is 4. The fraction of sp³-hybridized carbons (Fsp3) is 0.500. The molecule has 0 saturated carbocycles. The number of nitrogens with zero attached hydrogens (tertiary/aromatic N) is 5. The lowest BCUT2D eigenvalue weighted by atomic mass is 9.96. The molecule has 1 fully saturated rings. The van der Waals surface area contributed by atoms with E-state index in [1.54, 1.807) is 6.07 Å². The molecule has 0 spiro atoms. The lowest BCUT2D eigenvalue weighted by molar-refractivity contribution is 0.0733. The van der Waals surface area contributed by atoms with Crippen molar-refractivity contribution in [3.8, 4) is 23.1 Å². The number of benzene rings is 1. The number of hydrogen-bond acceptors (Lipinski definition) is 6. The highest BCUT2D eigenvalue weighted by atomic mass is 19.3. The smallest absolute Gasteiger partial charge is 0.251 e. The van der Waals surface area contributed by atoms with Crippen molar-refractivity contribution in [2.24, 2.45) is 0 Å². The van der Waals surface area contributed by atoms with Crippen molar-refractivity contribution in [1.82, 2.24) is 15.1 Å². The summed E-state index contributed by atoms with van der Waals surface area (Å²) < 4.78 is 25.7. The summed E-state index contributed by atoms with van der Waals surface area (Å²) in [6, 6.07) is 7.32. The molecule has 1 atom stereocenters. The summed E-state index contributed by atoms with van der Waals surface area (Å²) in [7, 11) is 0. The molecule has 0 unspecified atom stereocenters. The summed E-state index contributed by atoms with van der Waals surface area (Å²) in [5.74, 6) is 0.836. The molecule has 2 aromatic rings. The SMILES string of the molecule is Cc1cc(C#N)cc(O)c1-c1cc2c(nn1)N([C@@H]1CCCN(CC(F)F)C1)CCC2. The van der Waals surface area contributed by atoms with Gasteiger partial charge in [0.25, 0.3) is 6.43 Å². The number of phenols is 1. The van der Waals surface area contributed by atoms with Gasteiger partial charge in [0.05, 0.1) is 23.9 Å². The molecule has 1 N–H and O–H groups in total. The van der Waals surface area contributed by atoms with Gasteiger partial charge in [0, 0.05) is 24.7 Å². The van der Waals surface area contributed by atoms with E-state index in [0.29, 0.717) is 29.9 Å². The Balaban J connectivity index is 1.62. The number of fused-ring (bicyclic) bond motifs is 1. The van der Waals surface area contributed by atoms with Crippen molar-refractivity contribution in [3.63, 3.8) is 0 Å². The Labute approximate surface area is 174 Å². The Bertz CT molecular complexity index is 951. The van der Waals surface area contributed by atoms with Gasteiger partial charge in [-0.3, -0.25) is 4.90 Å². The van der Waals surface area contributed by atoms with Crippen LogP contribution in [0, 0.1) is 18.3 Å². The Morgan fingerprint density at radius 2 is 2.07 bits per heavy atom. The van der Waals surface area contributed by atoms with Crippen LogP contribution in [0.2, 0.25) is 0 Å². The zero-order valence-corrected chi connectivity index (χ0v) is 17.0. The molecule has 6 nitrogen and oxygen atoms in total. The number of nitriles is 1.